The molecular weight excluding hydrogens is 278 g/mol. The molecule has 2 fully saturated rings. The van der Waals surface area contributed by atoms with Gasteiger partial charge in [0.15, 0.2) is 0 Å². The van der Waals surface area contributed by atoms with Crippen LogP contribution in [0.4, 0.5) is 0 Å². The summed E-state index contributed by atoms with van der Waals surface area (Å²) in [5.74, 6) is 4.02. The average molecular weight is 304 g/mol. The Bertz CT molecular complexity index is 275. The van der Waals surface area contributed by atoms with E-state index in [1.807, 2.05) is 11.8 Å². The standard InChI is InChI=1S/C15H26ClNOS/c16-8-9-17(14-4-2-1-3-5-14)15(18)12-13-6-10-19-11-7-13/h13-14H,1-12H2. The molecule has 1 heterocycles. The van der Waals surface area contributed by atoms with E-state index in [9.17, 15) is 4.79 Å². The van der Waals surface area contributed by atoms with Gasteiger partial charge < -0.3 is 4.90 Å². The lowest BCUT2D eigenvalue weighted by atomic mass is 9.92. The summed E-state index contributed by atoms with van der Waals surface area (Å²) in [6.07, 6.45) is 9.44. The fourth-order valence-electron chi connectivity index (χ4n) is 3.31. The van der Waals surface area contributed by atoms with Gasteiger partial charge in [0.1, 0.15) is 0 Å². The van der Waals surface area contributed by atoms with Gasteiger partial charge in [0.2, 0.25) is 5.91 Å². The molecule has 19 heavy (non-hydrogen) atoms. The quantitative estimate of drug-likeness (QED) is 0.718. The van der Waals surface area contributed by atoms with Gasteiger partial charge >= 0.3 is 0 Å². The van der Waals surface area contributed by atoms with Gasteiger partial charge in [-0.2, -0.15) is 11.8 Å². The Morgan fingerprint density at radius 3 is 2.42 bits per heavy atom. The maximum Gasteiger partial charge on any atom is 0.223 e. The molecule has 0 aromatic heterocycles. The Morgan fingerprint density at radius 1 is 1.11 bits per heavy atom. The lowest BCUT2D eigenvalue weighted by Crippen LogP contribution is -2.43. The van der Waals surface area contributed by atoms with Crippen molar-refractivity contribution in [2.24, 2.45) is 5.92 Å². The van der Waals surface area contributed by atoms with Crippen molar-refractivity contribution in [2.45, 2.75) is 57.4 Å². The maximum atomic E-state index is 12.6. The van der Waals surface area contributed by atoms with Crippen LogP contribution in [0.5, 0.6) is 0 Å². The molecule has 0 spiro atoms. The Hall–Kier alpha value is 0.110. The van der Waals surface area contributed by atoms with Crippen LogP contribution in [0.1, 0.15) is 51.4 Å². The van der Waals surface area contributed by atoms with E-state index in [2.05, 4.69) is 4.90 Å². The summed E-state index contributed by atoms with van der Waals surface area (Å²) in [5, 5.41) is 0. The maximum absolute atomic E-state index is 12.6. The highest BCUT2D eigenvalue weighted by atomic mass is 35.5. The molecule has 0 N–H and O–H groups in total. The number of halogens is 1. The fourth-order valence-corrected chi connectivity index (χ4v) is 4.70. The van der Waals surface area contributed by atoms with Crippen LogP contribution in [0.3, 0.4) is 0 Å². The van der Waals surface area contributed by atoms with E-state index in [1.165, 1.54) is 56.5 Å². The first-order valence-electron chi connectivity index (χ1n) is 7.74. The first-order chi connectivity index (χ1) is 9.31. The van der Waals surface area contributed by atoms with Crippen LogP contribution in [0.25, 0.3) is 0 Å². The zero-order chi connectivity index (χ0) is 13.5. The lowest BCUT2D eigenvalue weighted by Gasteiger charge is -2.35. The average Bonchev–Trinajstić information content (AvgIpc) is 2.46. The van der Waals surface area contributed by atoms with Crippen molar-refractivity contribution in [1.29, 1.82) is 0 Å². The number of thioether (sulfide) groups is 1. The smallest absolute Gasteiger partial charge is 0.223 e. The number of amides is 1. The van der Waals surface area contributed by atoms with Crippen molar-refractivity contribution in [2.75, 3.05) is 23.9 Å². The number of nitrogens with zero attached hydrogens (tertiary/aromatic N) is 1. The molecule has 2 aliphatic rings. The third-order valence-electron chi connectivity index (χ3n) is 4.47. The second kappa shape index (κ2) is 8.41. The number of carbonyl (C=O) groups excluding carboxylic acids is 1. The number of rotatable bonds is 5. The third-order valence-corrected chi connectivity index (χ3v) is 5.68. The summed E-state index contributed by atoms with van der Waals surface area (Å²) in [7, 11) is 0. The molecule has 0 aromatic rings. The number of alkyl halides is 1. The minimum absolute atomic E-state index is 0.365. The second-order valence-electron chi connectivity index (χ2n) is 5.83. The van der Waals surface area contributed by atoms with Crippen LogP contribution >= 0.6 is 23.4 Å². The normalized spacial score (nSPS) is 22.4. The molecular formula is C15H26ClNOS. The Labute approximate surface area is 126 Å². The highest BCUT2D eigenvalue weighted by Crippen LogP contribution is 2.28. The van der Waals surface area contributed by atoms with Gasteiger partial charge in [0.05, 0.1) is 0 Å². The zero-order valence-corrected chi connectivity index (χ0v) is 13.4. The van der Waals surface area contributed by atoms with Gasteiger partial charge in [0, 0.05) is 24.9 Å². The van der Waals surface area contributed by atoms with E-state index >= 15 is 0 Å². The van der Waals surface area contributed by atoms with E-state index in [0.29, 0.717) is 23.7 Å². The van der Waals surface area contributed by atoms with Crippen molar-refractivity contribution in [3.05, 3.63) is 0 Å². The third kappa shape index (κ3) is 4.86. The molecule has 2 rings (SSSR count). The van der Waals surface area contributed by atoms with E-state index in [0.717, 1.165) is 13.0 Å². The first kappa shape index (κ1) is 15.5. The predicted octanol–water partition coefficient (Wildman–Crippen LogP) is 3.92. The second-order valence-corrected chi connectivity index (χ2v) is 7.43. The molecule has 0 atom stereocenters. The van der Waals surface area contributed by atoms with Crippen molar-refractivity contribution < 1.29 is 4.79 Å². The summed E-state index contributed by atoms with van der Waals surface area (Å²) < 4.78 is 0. The molecule has 2 nitrogen and oxygen atoms in total. The SMILES string of the molecule is O=C(CC1CCSCC1)N(CCCl)C1CCCCC1. The van der Waals surface area contributed by atoms with Gasteiger partial charge in [0.25, 0.3) is 0 Å². The molecule has 4 heteroatoms. The predicted molar refractivity (Wildman–Crippen MR) is 84.0 cm³/mol. The molecule has 110 valence electrons. The minimum Gasteiger partial charge on any atom is -0.339 e. The first-order valence-corrected chi connectivity index (χ1v) is 9.43. The number of hydrogen-bond acceptors (Lipinski definition) is 2. The summed E-state index contributed by atoms with van der Waals surface area (Å²) >= 11 is 7.93. The largest absolute Gasteiger partial charge is 0.339 e. The van der Waals surface area contributed by atoms with Crippen molar-refractivity contribution in [3.8, 4) is 0 Å². The Kier molecular flexibility index (Phi) is 6.86. The van der Waals surface area contributed by atoms with Gasteiger partial charge in [-0.25, -0.2) is 0 Å². The van der Waals surface area contributed by atoms with Gasteiger partial charge in [-0.3, -0.25) is 4.79 Å². The molecule has 0 radical (unpaired) electrons. The minimum atomic E-state index is 0.365. The Balaban J connectivity index is 1.87. The summed E-state index contributed by atoms with van der Waals surface area (Å²) in [6.45, 7) is 0.743. The summed E-state index contributed by atoms with van der Waals surface area (Å²) in [5.41, 5.74) is 0. The van der Waals surface area contributed by atoms with Crippen LogP contribution in [0.2, 0.25) is 0 Å². The van der Waals surface area contributed by atoms with E-state index < -0.39 is 0 Å². The van der Waals surface area contributed by atoms with Crippen LogP contribution in [-0.2, 0) is 4.79 Å². The zero-order valence-electron chi connectivity index (χ0n) is 11.8. The number of carbonyl (C=O) groups is 1. The molecule has 1 saturated carbocycles. The highest BCUT2D eigenvalue weighted by molar-refractivity contribution is 7.99. The lowest BCUT2D eigenvalue weighted by molar-refractivity contribution is -0.135. The van der Waals surface area contributed by atoms with Gasteiger partial charge in [-0.15, -0.1) is 11.6 Å². The molecule has 1 aliphatic carbocycles. The molecule has 0 unspecified atom stereocenters. The Morgan fingerprint density at radius 2 is 1.79 bits per heavy atom. The van der Waals surface area contributed by atoms with Gasteiger partial charge in [-0.05, 0) is 43.1 Å². The van der Waals surface area contributed by atoms with Crippen LogP contribution in [0.15, 0.2) is 0 Å². The molecule has 0 aromatic carbocycles. The van der Waals surface area contributed by atoms with E-state index in [4.69, 9.17) is 11.6 Å². The van der Waals surface area contributed by atoms with Crippen LogP contribution in [-0.4, -0.2) is 40.8 Å². The van der Waals surface area contributed by atoms with Crippen LogP contribution in [0, 0.1) is 5.92 Å². The molecule has 1 aliphatic heterocycles. The summed E-state index contributed by atoms with van der Waals surface area (Å²) in [6, 6.07) is 0.470. The monoisotopic (exact) mass is 303 g/mol. The van der Waals surface area contributed by atoms with Gasteiger partial charge in [-0.1, -0.05) is 19.3 Å². The van der Waals surface area contributed by atoms with Crippen molar-refractivity contribution in [1.82, 2.24) is 4.90 Å². The molecule has 0 bridgehead atoms. The van der Waals surface area contributed by atoms with E-state index in [-0.39, 0.29) is 0 Å². The highest BCUT2D eigenvalue weighted by Gasteiger charge is 2.27. The molecule has 1 amide bonds. The topological polar surface area (TPSA) is 20.3 Å². The fraction of sp³-hybridized carbons (Fsp3) is 0.933. The van der Waals surface area contributed by atoms with Crippen LogP contribution < -0.4 is 0 Å². The number of hydrogen-bond donors (Lipinski definition) is 0. The molecule has 1 saturated heterocycles. The van der Waals surface area contributed by atoms with Crippen molar-refractivity contribution in [3.63, 3.8) is 0 Å². The van der Waals surface area contributed by atoms with E-state index in [1.54, 1.807) is 0 Å². The summed E-state index contributed by atoms with van der Waals surface area (Å²) in [4.78, 5) is 14.7. The van der Waals surface area contributed by atoms with Crippen molar-refractivity contribution >= 4 is 29.3 Å².